The van der Waals surface area contributed by atoms with Crippen molar-refractivity contribution in [3.63, 3.8) is 0 Å². The molecule has 1 fully saturated rings. The highest BCUT2D eigenvalue weighted by molar-refractivity contribution is 8.42. The van der Waals surface area contributed by atoms with E-state index >= 15 is 0 Å². The zero-order valence-electron chi connectivity index (χ0n) is 5.81. The number of hydrogen-bond acceptors (Lipinski definition) is 3. The van der Waals surface area contributed by atoms with Gasteiger partial charge in [-0.05, 0) is 18.7 Å². The summed E-state index contributed by atoms with van der Waals surface area (Å²) >= 11 is 0.0985. The minimum Gasteiger partial charge on any atom is -0.274 e. The van der Waals surface area contributed by atoms with Gasteiger partial charge in [-0.1, -0.05) is 11.8 Å². The van der Waals surface area contributed by atoms with Gasteiger partial charge in [-0.15, -0.1) is 0 Å². The van der Waals surface area contributed by atoms with Gasteiger partial charge in [-0.2, -0.15) is 13.2 Å². The van der Waals surface area contributed by atoms with E-state index in [1.165, 1.54) is 0 Å². The summed E-state index contributed by atoms with van der Waals surface area (Å²) in [6, 6.07) is 0. The Morgan fingerprint density at radius 3 is 2.17 bits per heavy atom. The molecule has 1 nitrogen and oxygen atoms in total. The summed E-state index contributed by atoms with van der Waals surface area (Å²) in [7, 11) is 0. The third-order valence-electron chi connectivity index (χ3n) is 1.49. The maximum absolute atomic E-state index is 12.7. The van der Waals surface area contributed by atoms with Crippen LogP contribution in [0, 0.1) is 0 Å². The smallest absolute Gasteiger partial charge is 0.274 e. The molecule has 1 aliphatic heterocycles. The molecule has 0 bridgehead atoms. The Morgan fingerprint density at radius 1 is 1.50 bits per heavy atom. The monoisotopic (exact) mass is 220 g/mol. The highest BCUT2D eigenvalue weighted by atomic mass is 32.2. The van der Waals surface area contributed by atoms with E-state index < -0.39 is 20.9 Å². The summed E-state index contributed by atoms with van der Waals surface area (Å²) < 4.78 is 45.8. The molecule has 0 aliphatic carbocycles. The van der Waals surface area contributed by atoms with Crippen LogP contribution in [-0.2, 0) is 0 Å². The largest absolute Gasteiger partial charge is 0.407 e. The van der Waals surface area contributed by atoms with Gasteiger partial charge in [0.2, 0.25) is 4.45 Å². The SMILES string of the molecule is CC1(C(F)(F)F)SC(=O)SC1F. The molecule has 12 heavy (non-hydrogen) atoms. The molecule has 1 saturated heterocycles. The average Bonchev–Trinajstić information content (AvgIpc) is 2.06. The lowest BCUT2D eigenvalue weighted by Crippen LogP contribution is -2.43. The molecule has 2 atom stereocenters. The number of rotatable bonds is 0. The first-order valence-electron chi connectivity index (χ1n) is 2.88. The predicted molar refractivity (Wildman–Crippen MR) is 39.9 cm³/mol. The lowest BCUT2D eigenvalue weighted by Gasteiger charge is -2.25. The molecule has 1 heterocycles. The molecule has 0 aromatic rings. The standard InChI is InChI=1S/C5H4F4OS2/c1-4(5(7,8)9)2(6)11-3(10)12-4/h2H,1H3. The van der Waals surface area contributed by atoms with Crippen LogP contribution in [0.15, 0.2) is 0 Å². The van der Waals surface area contributed by atoms with Crippen LogP contribution in [0.3, 0.4) is 0 Å². The Kier molecular flexibility index (Phi) is 2.37. The Morgan fingerprint density at radius 2 is 2.00 bits per heavy atom. The van der Waals surface area contributed by atoms with Gasteiger partial charge < -0.3 is 0 Å². The van der Waals surface area contributed by atoms with Gasteiger partial charge in [0.1, 0.15) is 0 Å². The number of hydrogen-bond donors (Lipinski definition) is 0. The van der Waals surface area contributed by atoms with E-state index in [0.717, 1.165) is 0 Å². The van der Waals surface area contributed by atoms with Crippen LogP contribution in [0.1, 0.15) is 6.92 Å². The highest BCUT2D eigenvalue weighted by Gasteiger charge is 2.63. The van der Waals surface area contributed by atoms with Crippen molar-refractivity contribution in [2.45, 2.75) is 23.4 Å². The number of halogens is 4. The molecule has 1 rings (SSSR count). The number of carbonyl (C=O) groups is 1. The lowest BCUT2D eigenvalue weighted by atomic mass is 10.2. The highest BCUT2D eigenvalue weighted by Crippen LogP contribution is 2.55. The first-order valence-corrected chi connectivity index (χ1v) is 4.57. The van der Waals surface area contributed by atoms with Crippen molar-refractivity contribution in [1.29, 1.82) is 0 Å². The topological polar surface area (TPSA) is 17.1 Å². The van der Waals surface area contributed by atoms with E-state index in [1.54, 1.807) is 0 Å². The van der Waals surface area contributed by atoms with Crippen molar-refractivity contribution < 1.29 is 22.4 Å². The van der Waals surface area contributed by atoms with Gasteiger partial charge in [-0.3, -0.25) is 4.79 Å². The molecule has 0 spiro atoms. The lowest BCUT2D eigenvalue weighted by molar-refractivity contribution is -0.160. The van der Waals surface area contributed by atoms with Crippen molar-refractivity contribution in [1.82, 2.24) is 0 Å². The molecule has 0 saturated carbocycles. The predicted octanol–water partition coefficient (Wildman–Crippen LogP) is 3.20. The van der Waals surface area contributed by atoms with Crippen molar-refractivity contribution in [2.75, 3.05) is 0 Å². The maximum atomic E-state index is 12.7. The van der Waals surface area contributed by atoms with Crippen molar-refractivity contribution >= 4 is 28.0 Å². The molecular formula is C5H4F4OS2. The second-order valence-electron chi connectivity index (χ2n) is 2.39. The van der Waals surface area contributed by atoms with Gasteiger partial charge in [0.25, 0.3) is 0 Å². The van der Waals surface area contributed by atoms with E-state index in [0.29, 0.717) is 6.92 Å². The summed E-state index contributed by atoms with van der Waals surface area (Å²) in [6.45, 7) is 0.695. The van der Waals surface area contributed by atoms with Crippen molar-refractivity contribution in [3.8, 4) is 0 Å². The first-order chi connectivity index (χ1) is 5.27. The molecule has 0 aromatic carbocycles. The second-order valence-corrected chi connectivity index (χ2v) is 5.09. The van der Waals surface area contributed by atoms with E-state index in [2.05, 4.69) is 0 Å². The van der Waals surface area contributed by atoms with Crippen LogP contribution in [0.4, 0.5) is 22.4 Å². The van der Waals surface area contributed by atoms with Crippen molar-refractivity contribution in [2.24, 2.45) is 0 Å². The fourth-order valence-electron chi connectivity index (χ4n) is 0.627. The van der Waals surface area contributed by atoms with E-state index in [4.69, 9.17) is 0 Å². The summed E-state index contributed by atoms with van der Waals surface area (Å²) in [4.78, 5) is 10.5. The fourth-order valence-corrected chi connectivity index (χ4v) is 2.96. The van der Waals surface area contributed by atoms with Gasteiger partial charge in [-0.25, -0.2) is 4.39 Å². The molecule has 0 N–H and O–H groups in total. The zero-order chi connectivity index (χ0) is 9.57. The minimum atomic E-state index is -4.68. The molecule has 0 aromatic heterocycles. The van der Waals surface area contributed by atoms with Gasteiger partial charge >= 0.3 is 6.18 Å². The van der Waals surface area contributed by atoms with Crippen LogP contribution in [0.25, 0.3) is 0 Å². The fraction of sp³-hybridized carbons (Fsp3) is 0.800. The molecule has 1 aliphatic rings. The molecule has 0 amide bonds. The Bertz CT molecular complexity index is 216. The molecule has 7 heteroatoms. The Hall–Kier alpha value is 0.0900. The number of thioether (sulfide) groups is 2. The van der Waals surface area contributed by atoms with Gasteiger partial charge in [0.15, 0.2) is 10.3 Å². The second kappa shape index (κ2) is 2.80. The molecule has 70 valence electrons. The van der Waals surface area contributed by atoms with Crippen LogP contribution >= 0.6 is 23.5 Å². The summed E-state index contributed by atoms with van der Waals surface area (Å²) in [5.41, 5.74) is -2.20. The quantitative estimate of drug-likeness (QED) is 0.583. The van der Waals surface area contributed by atoms with E-state index in [9.17, 15) is 22.4 Å². The zero-order valence-corrected chi connectivity index (χ0v) is 7.45. The molecular weight excluding hydrogens is 216 g/mol. The normalized spacial score (nSPS) is 37.4. The van der Waals surface area contributed by atoms with Crippen LogP contribution in [0.2, 0.25) is 0 Å². The van der Waals surface area contributed by atoms with Gasteiger partial charge in [0, 0.05) is 0 Å². The van der Waals surface area contributed by atoms with Crippen LogP contribution in [-0.4, -0.2) is 20.9 Å². The number of alkyl halides is 4. The van der Waals surface area contributed by atoms with Gasteiger partial charge in [0.05, 0.1) is 0 Å². The maximum Gasteiger partial charge on any atom is 0.407 e. The minimum absolute atomic E-state index is 0.00694. The number of carbonyl (C=O) groups excluding carboxylic acids is 1. The van der Waals surface area contributed by atoms with Crippen LogP contribution in [0.5, 0.6) is 0 Å². The first kappa shape index (κ1) is 10.2. The summed E-state index contributed by atoms with van der Waals surface area (Å²) in [6.07, 6.45) is -4.68. The molecule has 0 radical (unpaired) electrons. The van der Waals surface area contributed by atoms with Crippen LogP contribution < -0.4 is 0 Å². The van der Waals surface area contributed by atoms with E-state index in [-0.39, 0.29) is 23.5 Å². The summed E-state index contributed by atoms with van der Waals surface area (Å²) in [5.74, 6) is 0. The molecule has 2 unspecified atom stereocenters. The van der Waals surface area contributed by atoms with E-state index in [1.807, 2.05) is 0 Å². The third-order valence-corrected chi connectivity index (χ3v) is 4.08. The van der Waals surface area contributed by atoms with Crippen molar-refractivity contribution in [3.05, 3.63) is 0 Å². The Labute approximate surface area is 74.3 Å². The third kappa shape index (κ3) is 1.44. The average molecular weight is 220 g/mol. The Balaban J connectivity index is 2.92. The summed E-state index contributed by atoms with van der Waals surface area (Å²) in [5, 5.41) is 0.